The normalized spacial score (nSPS) is 21.9. The van der Waals surface area contributed by atoms with Crippen LogP contribution in [0.2, 0.25) is 5.02 Å². The lowest BCUT2D eigenvalue weighted by atomic mass is 9.95. The number of aryl methyl sites for hydroxylation is 1. The second-order valence-electron chi connectivity index (χ2n) is 7.92. The lowest BCUT2D eigenvalue weighted by molar-refractivity contribution is 0.0310. The number of halogens is 1. The van der Waals surface area contributed by atoms with E-state index in [-0.39, 0.29) is 12.0 Å². The molecule has 0 spiro atoms. The van der Waals surface area contributed by atoms with Crippen molar-refractivity contribution in [1.29, 1.82) is 0 Å². The lowest BCUT2D eigenvalue weighted by Gasteiger charge is -2.46. The third kappa shape index (κ3) is 3.87. The quantitative estimate of drug-likeness (QED) is 0.814. The molecule has 2 saturated heterocycles. The zero-order valence-electron chi connectivity index (χ0n) is 16.2. The average Bonchev–Trinajstić information content (AvgIpc) is 2.84. The lowest BCUT2D eigenvalue weighted by Crippen LogP contribution is -2.60. The largest absolute Gasteiger partial charge is 0.386 e. The zero-order valence-corrected chi connectivity index (χ0v) is 17.0. The van der Waals surface area contributed by atoms with Crippen molar-refractivity contribution in [2.45, 2.75) is 31.9 Å². The van der Waals surface area contributed by atoms with Gasteiger partial charge in [-0.3, -0.25) is 0 Å². The Bertz CT molecular complexity index is 847. The Balaban J connectivity index is 1.64. The van der Waals surface area contributed by atoms with E-state index in [2.05, 4.69) is 31.9 Å². The van der Waals surface area contributed by atoms with Crippen LogP contribution < -0.4 is 15.5 Å². The van der Waals surface area contributed by atoms with Gasteiger partial charge < -0.3 is 25.4 Å². The average molecular weight is 404 g/mol. The van der Waals surface area contributed by atoms with E-state index in [1.807, 2.05) is 26.0 Å². The number of rotatable bonds is 3. The summed E-state index contributed by atoms with van der Waals surface area (Å²) in [6.45, 7) is 7.01. The van der Waals surface area contributed by atoms with Crippen LogP contribution in [-0.4, -0.2) is 53.5 Å². The van der Waals surface area contributed by atoms with Gasteiger partial charge in [-0.05, 0) is 38.0 Å². The smallest absolute Gasteiger partial charge is 0.222 e. The molecule has 3 heterocycles. The first-order valence-electron chi connectivity index (χ1n) is 9.55. The Morgan fingerprint density at radius 3 is 2.75 bits per heavy atom. The van der Waals surface area contributed by atoms with Crippen LogP contribution in [-0.2, 0) is 4.74 Å². The minimum Gasteiger partial charge on any atom is -0.386 e. The minimum absolute atomic E-state index is 0.0581. The fourth-order valence-corrected chi connectivity index (χ4v) is 4.27. The van der Waals surface area contributed by atoms with Gasteiger partial charge in [0, 0.05) is 48.7 Å². The minimum atomic E-state index is -0.623. The van der Waals surface area contributed by atoms with Gasteiger partial charge in [0.2, 0.25) is 5.95 Å². The van der Waals surface area contributed by atoms with Gasteiger partial charge in [0.25, 0.3) is 0 Å². The first-order chi connectivity index (χ1) is 13.3. The summed E-state index contributed by atoms with van der Waals surface area (Å²) in [7, 11) is 0. The summed E-state index contributed by atoms with van der Waals surface area (Å²) in [5, 5.41) is 10.7. The standard InChI is InChI=1S/C20H26ClN5O2/c1-13-8-18(24-19(22)23-13)26-6-3-7-28-10-17(26)15-5-4-14(9-16(15)21)25-11-20(2,27)12-25/h4-5,8-9,17,27H,3,6-7,10-12H2,1-2H3,(H2,22,23,24)/t17-/m1/s1. The second-order valence-corrected chi connectivity index (χ2v) is 8.33. The number of aliphatic hydroxyl groups is 1. The fraction of sp³-hybridized carbons (Fsp3) is 0.500. The van der Waals surface area contributed by atoms with Gasteiger partial charge in [-0.15, -0.1) is 0 Å². The molecular weight excluding hydrogens is 378 g/mol. The van der Waals surface area contributed by atoms with E-state index in [1.165, 1.54) is 0 Å². The topological polar surface area (TPSA) is 87.7 Å². The highest BCUT2D eigenvalue weighted by atomic mass is 35.5. The number of nitrogens with zero attached hydrogens (tertiary/aromatic N) is 4. The third-order valence-corrected chi connectivity index (χ3v) is 5.59. The summed E-state index contributed by atoms with van der Waals surface area (Å²) >= 11 is 6.70. The maximum atomic E-state index is 9.99. The maximum absolute atomic E-state index is 9.99. The van der Waals surface area contributed by atoms with E-state index < -0.39 is 5.60 Å². The highest BCUT2D eigenvalue weighted by Gasteiger charge is 2.37. The number of aromatic nitrogens is 2. The summed E-state index contributed by atoms with van der Waals surface area (Å²) in [5.41, 5.74) is 8.10. The van der Waals surface area contributed by atoms with Crippen LogP contribution in [0.4, 0.5) is 17.5 Å². The van der Waals surface area contributed by atoms with E-state index in [0.717, 1.165) is 35.7 Å². The molecule has 28 heavy (non-hydrogen) atoms. The zero-order chi connectivity index (χ0) is 19.9. The van der Waals surface area contributed by atoms with E-state index >= 15 is 0 Å². The molecule has 150 valence electrons. The molecule has 1 aromatic carbocycles. The molecule has 7 nitrogen and oxygen atoms in total. The number of anilines is 3. The summed E-state index contributed by atoms with van der Waals surface area (Å²) in [4.78, 5) is 12.9. The van der Waals surface area contributed by atoms with E-state index in [4.69, 9.17) is 22.1 Å². The Morgan fingerprint density at radius 2 is 2.07 bits per heavy atom. The molecule has 0 amide bonds. The molecule has 2 fully saturated rings. The molecule has 0 radical (unpaired) electrons. The highest BCUT2D eigenvalue weighted by Crippen LogP contribution is 2.36. The van der Waals surface area contributed by atoms with Crippen LogP contribution in [0.3, 0.4) is 0 Å². The molecule has 2 aliphatic rings. The van der Waals surface area contributed by atoms with Crippen LogP contribution in [0.15, 0.2) is 24.3 Å². The van der Waals surface area contributed by atoms with Crippen LogP contribution in [0.5, 0.6) is 0 Å². The predicted octanol–water partition coefficient (Wildman–Crippen LogP) is 2.56. The first kappa shape index (κ1) is 19.2. The molecule has 1 atom stereocenters. The van der Waals surface area contributed by atoms with Gasteiger partial charge in [-0.2, -0.15) is 4.98 Å². The molecular formula is C20H26ClN5O2. The molecule has 2 aliphatic heterocycles. The van der Waals surface area contributed by atoms with E-state index in [1.54, 1.807) is 0 Å². The van der Waals surface area contributed by atoms with Crippen molar-refractivity contribution in [1.82, 2.24) is 9.97 Å². The number of β-amino-alcohol motifs (C(OH)–C–C–N with tert-alkyl or cyclic N) is 1. The van der Waals surface area contributed by atoms with Crippen LogP contribution in [0.25, 0.3) is 0 Å². The molecule has 3 N–H and O–H groups in total. The van der Waals surface area contributed by atoms with Crippen LogP contribution in [0.1, 0.15) is 30.6 Å². The summed E-state index contributed by atoms with van der Waals surface area (Å²) < 4.78 is 5.85. The molecule has 0 aliphatic carbocycles. The number of nitrogen functional groups attached to an aromatic ring is 1. The summed E-state index contributed by atoms with van der Waals surface area (Å²) in [6.07, 6.45) is 0.901. The number of benzene rings is 1. The van der Waals surface area contributed by atoms with Gasteiger partial charge >= 0.3 is 0 Å². The van der Waals surface area contributed by atoms with Crippen LogP contribution in [0, 0.1) is 6.92 Å². The molecule has 2 aromatic rings. The summed E-state index contributed by atoms with van der Waals surface area (Å²) in [5.74, 6) is 1.06. The number of hydrogen-bond donors (Lipinski definition) is 2. The van der Waals surface area contributed by atoms with Gasteiger partial charge in [0.15, 0.2) is 0 Å². The Hall–Kier alpha value is -2.09. The highest BCUT2D eigenvalue weighted by molar-refractivity contribution is 6.31. The number of hydrogen-bond acceptors (Lipinski definition) is 7. The van der Waals surface area contributed by atoms with Crippen LogP contribution >= 0.6 is 11.6 Å². The SMILES string of the molecule is Cc1cc(N2CCCOC[C@@H]2c2ccc(N3CC(C)(O)C3)cc2Cl)nc(N)n1. The van der Waals surface area contributed by atoms with Crippen molar-refractivity contribution >= 4 is 29.1 Å². The molecule has 1 aromatic heterocycles. The monoisotopic (exact) mass is 403 g/mol. The first-order valence-corrected chi connectivity index (χ1v) is 9.92. The van der Waals surface area contributed by atoms with Crippen molar-refractivity contribution in [3.05, 3.63) is 40.5 Å². The Morgan fingerprint density at radius 1 is 1.29 bits per heavy atom. The van der Waals surface area contributed by atoms with Gasteiger partial charge in [0.05, 0.1) is 18.2 Å². The molecule has 0 bridgehead atoms. The molecule has 4 rings (SSSR count). The third-order valence-electron chi connectivity index (χ3n) is 5.26. The van der Waals surface area contributed by atoms with Crippen molar-refractivity contribution in [2.24, 2.45) is 0 Å². The Labute approximate surface area is 170 Å². The Kier molecular flexibility index (Phi) is 5.07. The van der Waals surface area contributed by atoms with E-state index in [0.29, 0.717) is 31.3 Å². The maximum Gasteiger partial charge on any atom is 0.222 e. The predicted molar refractivity (Wildman–Crippen MR) is 111 cm³/mol. The van der Waals surface area contributed by atoms with Gasteiger partial charge in [-0.25, -0.2) is 4.98 Å². The number of nitrogens with two attached hydrogens (primary N) is 1. The van der Waals surface area contributed by atoms with Gasteiger partial charge in [-0.1, -0.05) is 17.7 Å². The molecule has 0 unspecified atom stereocenters. The van der Waals surface area contributed by atoms with Crippen molar-refractivity contribution in [3.63, 3.8) is 0 Å². The number of ether oxygens (including phenoxy) is 1. The van der Waals surface area contributed by atoms with Crippen molar-refractivity contribution in [2.75, 3.05) is 48.4 Å². The summed E-state index contributed by atoms with van der Waals surface area (Å²) in [6, 6.07) is 7.96. The fourth-order valence-electron chi connectivity index (χ4n) is 3.97. The van der Waals surface area contributed by atoms with Gasteiger partial charge in [0.1, 0.15) is 5.82 Å². The van der Waals surface area contributed by atoms with Crippen molar-refractivity contribution in [3.8, 4) is 0 Å². The second kappa shape index (κ2) is 7.39. The van der Waals surface area contributed by atoms with E-state index in [9.17, 15) is 5.11 Å². The van der Waals surface area contributed by atoms with Crippen molar-refractivity contribution < 1.29 is 9.84 Å². The molecule has 8 heteroatoms. The molecule has 0 saturated carbocycles.